The standard InChI is InChI=1S/C17H26N2O/c1-16(2,14-9-5-4-6-10-14)13-18-15(20)17(3)11-7-8-12-19-17/h4-6,9-10,19H,7-8,11-13H2,1-3H3,(H,18,20). The monoisotopic (exact) mass is 274 g/mol. The summed E-state index contributed by atoms with van der Waals surface area (Å²) in [6, 6.07) is 10.3. The number of hydrogen-bond acceptors (Lipinski definition) is 2. The maximum absolute atomic E-state index is 12.4. The number of piperidine rings is 1. The fourth-order valence-corrected chi connectivity index (χ4v) is 2.74. The molecule has 0 aliphatic carbocycles. The van der Waals surface area contributed by atoms with Crippen molar-refractivity contribution in [2.45, 2.75) is 51.0 Å². The number of carbonyl (C=O) groups is 1. The smallest absolute Gasteiger partial charge is 0.240 e. The van der Waals surface area contributed by atoms with Gasteiger partial charge in [0.1, 0.15) is 0 Å². The van der Waals surface area contributed by atoms with E-state index < -0.39 is 5.54 Å². The van der Waals surface area contributed by atoms with E-state index in [1.54, 1.807) is 0 Å². The molecule has 2 rings (SSSR count). The number of amides is 1. The zero-order valence-corrected chi connectivity index (χ0v) is 12.8. The quantitative estimate of drug-likeness (QED) is 0.886. The lowest BCUT2D eigenvalue weighted by Crippen LogP contribution is -2.58. The molecule has 1 aromatic rings. The second-order valence-electron chi connectivity index (χ2n) is 6.65. The summed E-state index contributed by atoms with van der Waals surface area (Å²) >= 11 is 0. The maximum atomic E-state index is 12.4. The lowest BCUT2D eigenvalue weighted by atomic mass is 9.84. The van der Waals surface area contributed by atoms with Crippen LogP contribution in [0.25, 0.3) is 0 Å². The molecule has 1 saturated heterocycles. The molecule has 1 atom stereocenters. The van der Waals surface area contributed by atoms with Gasteiger partial charge in [-0.25, -0.2) is 0 Å². The molecule has 1 heterocycles. The SMILES string of the molecule is CC1(C(=O)NCC(C)(C)c2ccccc2)CCCCN1. The molecular weight excluding hydrogens is 248 g/mol. The van der Waals surface area contributed by atoms with Crippen molar-refractivity contribution in [3.63, 3.8) is 0 Å². The van der Waals surface area contributed by atoms with Gasteiger partial charge in [0, 0.05) is 12.0 Å². The van der Waals surface area contributed by atoms with E-state index in [4.69, 9.17) is 0 Å². The van der Waals surface area contributed by atoms with E-state index in [0.717, 1.165) is 19.4 Å². The molecular formula is C17H26N2O. The van der Waals surface area contributed by atoms with Crippen LogP contribution in [0, 0.1) is 0 Å². The molecule has 0 bridgehead atoms. The molecule has 1 amide bonds. The summed E-state index contributed by atoms with van der Waals surface area (Å²) in [5.41, 5.74) is 0.800. The van der Waals surface area contributed by atoms with E-state index in [1.807, 2.05) is 25.1 Å². The summed E-state index contributed by atoms with van der Waals surface area (Å²) < 4.78 is 0. The Balaban J connectivity index is 1.96. The van der Waals surface area contributed by atoms with E-state index in [9.17, 15) is 4.79 Å². The minimum absolute atomic E-state index is 0.0536. The van der Waals surface area contributed by atoms with Crippen LogP contribution in [0.1, 0.15) is 45.6 Å². The Hall–Kier alpha value is -1.35. The molecule has 1 aliphatic heterocycles. The van der Waals surface area contributed by atoms with Crippen molar-refractivity contribution < 1.29 is 4.79 Å². The van der Waals surface area contributed by atoms with Gasteiger partial charge in [-0.3, -0.25) is 4.79 Å². The minimum atomic E-state index is -0.398. The first-order valence-corrected chi connectivity index (χ1v) is 7.53. The molecule has 110 valence electrons. The van der Waals surface area contributed by atoms with Crippen LogP contribution in [-0.4, -0.2) is 24.5 Å². The van der Waals surface area contributed by atoms with Crippen molar-refractivity contribution in [1.82, 2.24) is 10.6 Å². The first-order valence-electron chi connectivity index (χ1n) is 7.53. The average Bonchev–Trinajstić information content (AvgIpc) is 2.46. The van der Waals surface area contributed by atoms with Crippen LogP contribution >= 0.6 is 0 Å². The lowest BCUT2D eigenvalue weighted by Gasteiger charge is -2.35. The normalized spacial score (nSPS) is 23.4. The van der Waals surface area contributed by atoms with Gasteiger partial charge in [0.25, 0.3) is 0 Å². The van der Waals surface area contributed by atoms with Crippen molar-refractivity contribution in [2.75, 3.05) is 13.1 Å². The fourth-order valence-electron chi connectivity index (χ4n) is 2.74. The molecule has 1 fully saturated rings. The van der Waals surface area contributed by atoms with Gasteiger partial charge in [0.2, 0.25) is 5.91 Å². The molecule has 2 N–H and O–H groups in total. The summed E-state index contributed by atoms with van der Waals surface area (Å²) in [6.45, 7) is 7.94. The molecule has 0 aromatic heterocycles. The zero-order valence-electron chi connectivity index (χ0n) is 12.8. The third-order valence-electron chi connectivity index (χ3n) is 4.37. The predicted molar refractivity (Wildman–Crippen MR) is 82.7 cm³/mol. The van der Waals surface area contributed by atoms with Crippen molar-refractivity contribution in [3.05, 3.63) is 35.9 Å². The maximum Gasteiger partial charge on any atom is 0.240 e. The second kappa shape index (κ2) is 5.96. The Kier molecular flexibility index (Phi) is 4.48. The highest BCUT2D eigenvalue weighted by Gasteiger charge is 2.35. The predicted octanol–water partition coefficient (Wildman–Crippen LogP) is 2.61. The third kappa shape index (κ3) is 3.40. The van der Waals surface area contributed by atoms with Crippen molar-refractivity contribution in [1.29, 1.82) is 0 Å². The highest BCUT2D eigenvalue weighted by Crippen LogP contribution is 2.23. The summed E-state index contributed by atoms with van der Waals surface area (Å²) in [6.07, 6.45) is 3.21. The van der Waals surface area contributed by atoms with Crippen LogP contribution in [0.15, 0.2) is 30.3 Å². The molecule has 0 spiro atoms. The second-order valence-corrected chi connectivity index (χ2v) is 6.65. The van der Waals surface area contributed by atoms with Gasteiger partial charge in [0.15, 0.2) is 0 Å². The molecule has 0 radical (unpaired) electrons. The summed E-state index contributed by atoms with van der Waals surface area (Å²) in [7, 11) is 0. The summed E-state index contributed by atoms with van der Waals surface area (Å²) in [5.74, 6) is 0.126. The Labute approximate surface area is 122 Å². The fraction of sp³-hybridized carbons (Fsp3) is 0.588. The van der Waals surface area contributed by atoms with Crippen LogP contribution in [0.2, 0.25) is 0 Å². The van der Waals surface area contributed by atoms with Gasteiger partial charge in [-0.1, -0.05) is 44.2 Å². The minimum Gasteiger partial charge on any atom is -0.354 e. The van der Waals surface area contributed by atoms with Crippen molar-refractivity contribution in [2.24, 2.45) is 0 Å². The van der Waals surface area contributed by atoms with Crippen LogP contribution in [-0.2, 0) is 10.2 Å². The van der Waals surface area contributed by atoms with Gasteiger partial charge in [-0.15, -0.1) is 0 Å². The molecule has 3 nitrogen and oxygen atoms in total. The van der Waals surface area contributed by atoms with E-state index >= 15 is 0 Å². The number of hydrogen-bond donors (Lipinski definition) is 2. The molecule has 1 aromatic carbocycles. The van der Waals surface area contributed by atoms with E-state index in [1.165, 1.54) is 12.0 Å². The molecule has 3 heteroatoms. The van der Waals surface area contributed by atoms with Crippen molar-refractivity contribution in [3.8, 4) is 0 Å². The number of carbonyl (C=O) groups excluding carboxylic acids is 1. The first kappa shape index (κ1) is 15.0. The van der Waals surface area contributed by atoms with Crippen LogP contribution in [0.4, 0.5) is 0 Å². The highest BCUT2D eigenvalue weighted by atomic mass is 16.2. The third-order valence-corrected chi connectivity index (χ3v) is 4.37. The van der Waals surface area contributed by atoms with E-state index in [0.29, 0.717) is 6.54 Å². The lowest BCUT2D eigenvalue weighted by molar-refractivity contribution is -0.128. The van der Waals surface area contributed by atoms with Gasteiger partial charge in [-0.05, 0) is 38.3 Å². The summed E-state index contributed by atoms with van der Waals surface area (Å²) in [5, 5.41) is 6.49. The molecule has 20 heavy (non-hydrogen) atoms. The average molecular weight is 274 g/mol. The molecule has 1 aliphatic rings. The van der Waals surface area contributed by atoms with Crippen LogP contribution in [0.5, 0.6) is 0 Å². The summed E-state index contributed by atoms with van der Waals surface area (Å²) in [4.78, 5) is 12.4. The molecule has 1 unspecified atom stereocenters. The topological polar surface area (TPSA) is 41.1 Å². The number of rotatable bonds is 4. The largest absolute Gasteiger partial charge is 0.354 e. The van der Waals surface area contributed by atoms with Crippen LogP contribution in [0.3, 0.4) is 0 Å². The number of nitrogens with one attached hydrogen (secondary N) is 2. The first-order chi connectivity index (χ1) is 9.44. The highest BCUT2D eigenvalue weighted by molar-refractivity contribution is 5.86. The van der Waals surface area contributed by atoms with Crippen molar-refractivity contribution >= 4 is 5.91 Å². The Morgan fingerprint density at radius 3 is 2.60 bits per heavy atom. The van der Waals surface area contributed by atoms with E-state index in [2.05, 4.69) is 36.6 Å². The van der Waals surface area contributed by atoms with Gasteiger partial charge in [-0.2, -0.15) is 0 Å². The van der Waals surface area contributed by atoms with Crippen LogP contribution < -0.4 is 10.6 Å². The van der Waals surface area contributed by atoms with Gasteiger partial charge < -0.3 is 10.6 Å². The van der Waals surface area contributed by atoms with Gasteiger partial charge in [0.05, 0.1) is 5.54 Å². The van der Waals surface area contributed by atoms with E-state index in [-0.39, 0.29) is 11.3 Å². The Morgan fingerprint density at radius 1 is 1.30 bits per heavy atom. The van der Waals surface area contributed by atoms with Gasteiger partial charge >= 0.3 is 0 Å². The Bertz CT molecular complexity index is 447. The molecule has 0 saturated carbocycles. The number of benzene rings is 1. The zero-order chi connectivity index (χ0) is 14.6. The Morgan fingerprint density at radius 2 is 2.00 bits per heavy atom.